The van der Waals surface area contributed by atoms with E-state index in [1.807, 2.05) is 19.1 Å². The van der Waals surface area contributed by atoms with E-state index in [-0.39, 0.29) is 17.1 Å². The molecule has 0 fully saturated rings. The summed E-state index contributed by atoms with van der Waals surface area (Å²) in [7, 11) is 0. The van der Waals surface area contributed by atoms with Crippen molar-refractivity contribution < 1.29 is 4.79 Å². The molecule has 18 heavy (non-hydrogen) atoms. The van der Waals surface area contributed by atoms with Gasteiger partial charge in [0, 0.05) is 18.0 Å². The molecule has 0 bridgehead atoms. The van der Waals surface area contributed by atoms with Gasteiger partial charge in [-0.2, -0.15) is 0 Å². The Hall–Kier alpha value is -1.15. The fourth-order valence-corrected chi connectivity index (χ4v) is 1.87. The maximum absolute atomic E-state index is 12.2. The van der Waals surface area contributed by atoms with Gasteiger partial charge in [0.2, 0.25) is 0 Å². The molecule has 1 aromatic rings. The summed E-state index contributed by atoms with van der Waals surface area (Å²) in [5, 5.41) is 3.21. The summed E-state index contributed by atoms with van der Waals surface area (Å²) < 4.78 is 0. The summed E-state index contributed by atoms with van der Waals surface area (Å²) in [6.07, 6.45) is 0. The number of rotatable bonds is 5. The number of ketones is 1. The lowest BCUT2D eigenvalue weighted by Gasteiger charge is -2.19. The normalized spacial score (nSPS) is 13.4. The van der Waals surface area contributed by atoms with Gasteiger partial charge in [0.25, 0.3) is 0 Å². The number of hydrogen-bond acceptors (Lipinski definition) is 2. The lowest BCUT2D eigenvalue weighted by Crippen LogP contribution is -2.26. The fourth-order valence-electron chi connectivity index (χ4n) is 1.87. The topological polar surface area (TPSA) is 29.1 Å². The van der Waals surface area contributed by atoms with Gasteiger partial charge in [0.05, 0.1) is 0 Å². The van der Waals surface area contributed by atoms with Gasteiger partial charge < -0.3 is 5.32 Å². The van der Waals surface area contributed by atoms with E-state index in [1.165, 1.54) is 5.56 Å². The molecule has 1 aromatic carbocycles. The van der Waals surface area contributed by atoms with Crippen molar-refractivity contribution in [1.82, 2.24) is 5.32 Å². The van der Waals surface area contributed by atoms with Crippen LogP contribution in [0.25, 0.3) is 0 Å². The highest BCUT2D eigenvalue weighted by atomic mass is 16.1. The highest BCUT2D eigenvalue weighted by Crippen LogP contribution is 2.22. The molecule has 1 unspecified atom stereocenters. The molecule has 0 radical (unpaired) electrons. The summed E-state index contributed by atoms with van der Waals surface area (Å²) in [6.45, 7) is 12.2. The van der Waals surface area contributed by atoms with Crippen LogP contribution < -0.4 is 5.32 Å². The van der Waals surface area contributed by atoms with Crippen LogP contribution in [0.1, 0.15) is 50.5 Å². The van der Waals surface area contributed by atoms with Gasteiger partial charge >= 0.3 is 0 Å². The Morgan fingerprint density at radius 3 is 2.22 bits per heavy atom. The first-order valence-electron chi connectivity index (χ1n) is 6.71. The van der Waals surface area contributed by atoms with Gasteiger partial charge in [-0.3, -0.25) is 4.79 Å². The molecule has 2 heteroatoms. The molecule has 1 rings (SSSR count). The number of Topliss-reactive ketones (excluding diaryl/α,β-unsaturated/α-hetero) is 1. The first-order valence-corrected chi connectivity index (χ1v) is 6.71. The zero-order valence-electron chi connectivity index (χ0n) is 12.2. The van der Waals surface area contributed by atoms with Crippen LogP contribution in [0.4, 0.5) is 0 Å². The second kappa shape index (κ2) is 6.14. The van der Waals surface area contributed by atoms with Crippen molar-refractivity contribution in [1.29, 1.82) is 0 Å². The molecular weight excluding hydrogens is 222 g/mol. The molecule has 2 nitrogen and oxygen atoms in total. The molecule has 0 aliphatic heterocycles. The Labute approximate surface area is 111 Å². The Morgan fingerprint density at radius 2 is 1.78 bits per heavy atom. The first kappa shape index (κ1) is 14.9. The van der Waals surface area contributed by atoms with Crippen molar-refractivity contribution in [2.24, 2.45) is 5.92 Å². The van der Waals surface area contributed by atoms with Gasteiger partial charge in [-0.05, 0) is 17.5 Å². The second-order valence-electron chi connectivity index (χ2n) is 5.90. The molecular formula is C16H25NO. The van der Waals surface area contributed by atoms with Crippen LogP contribution in [0.5, 0.6) is 0 Å². The molecule has 100 valence electrons. The Kier molecular flexibility index (Phi) is 5.09. The number of carbonyl (C=O) groups excluding carboxylic acids is 1. The highest BCUT2D eigenvalue weighted by Gasteiger charge is 2.17. The smallest absolute Gasteiger partial charge is 0.166 e. The molecule has 0 amide bonds. The molecule has 1 N–H and O–H groups in total. The van der Waals surface area contributed by atoms with E-state index in [9.17, 15) is 4.79 Å². The average molecular weight is 247 g/mol. The number of hydrogen-bond donors (Lipinski definition) is 1. The summed E-state index contributed by atoms with van der Waals surface area (Å²) in [5.41, 5.74) is 2.21. The van der Waals surface area contributed by atoms with Crippen molar-refractivity contribution in [3.8, 4) is 0 Å². The van der Waals surface area contributed by atoms with Crippen LogP contribution in [-0.4, -0.2) is 18.9 Å². The Bertz CT molecular complexity index is 387. The number of carbonyl (C=O) groups is 1. The molecule has 0 saturated carbocycles. The van der Waals surface area contributed by atoms with E-state index in [4.69, 9.17) is 0 Å². The van der Waals surface area contributed by atoms with Crippen LogP contribution in [0.15, 0.2) is 24.3 Å². The number of benzene rings is 1. The minimum atomic E-state index is 0.0328. The monoisotopic (exact) mass is 247 g/mol. The minimum Gasteiger partial charge on any atom is -0.316 e. The average Bonchev–Trinajstić information content (AvgIpc) is 2.34. The predicted molar refractivity (Wildman–Crippen MR) is 77.2 cm³/mol. The maximum atomic E-state index is 12.2. The van der Waals surface area contributed by atoms with Crippen molar-refractivity contribution in [3.05, 3.63) is 35.4 Å². The van der Waals surface area contributed by atoms with E-state index in [1.54, 1.807) is 0 Å². The summed E-state index contributed by atoms with van der Waals surface area (Å²) in [4.78, 5) is 12.2. The van der Waals surface area contributed by atoms with Crippen LogP contribution in [0, 0.1) is 5.92 Å². The number of nitrogens with one attached hydrogen (secondary N) is 1. The first-order chi connectivity index (χ1) is 8.36. The zero-order valence-corrected chi connectivity index (χ0v) is 12.2. The molecule has 0 aliphatic carbocycles. The minimum absolute atomic E-state index is 0.0328. The molecule has 0 heterocycles. The quantitative estimate of drug-likeness (QED) is 0.808. The summed E-state index contributed by atoms with van der Waals surface area (Å²) >= 11 is 0. The zero-order chi connectivity index (χ0) is 13.8. The van der Waals surface area contributed by atoms with Crippen molar-refractivity contribution in [2.45, 2.75) is 40.0 Å². The highest BCUT2D eigenvalue weighted by molar-refractivity contribution is 5.97. The van der Waals surface area contributed by atoms with Crippen molar-refractivity contribution in [2.75, 3.05) is 13.1 Å². The largest absolute Gasteiger partial charge is 0.316 e. The van der Waals surface area contributed by atoms with Gasteiger partial charge in [0.1, 0.15) is 0 Å². The summed E-state index contributed by atoms with van der Waals surface area (Å²) in [5.74, 6) is 0.252. The van der Waals surface area contributed by atoms with Gasteiger partial charge in [-0.1, -0.05) is 58.9 Å². The third-order valence-corrected chi connectivity index (χ3v) is 3.18. The Morgan fingerprint density at radius 1 is 1.22 bits per heavy atom. The summed E-state index contributed by atoms with van der Waals surface area (Å²) in [6, 6.07) is 8.02. The van der Waals surface area contributed by atoms with E-state index in [0.29, 0.717) is 0 Å². The van der Waals surface area contributed by atoms with Gasteiger partial charge in [-0.15, -0.1) is 0 Å². The van der Waals surface area contributed by atoms with Crippen LogP contribution in [0.3, 0.4) is 0 Å². The fraction of sp³-hybridized carbons (Fsp3) is 0.562. The molecule has 0 aliphatic rings. The molecule has 1 atom stereocenters. The lowest BCUT2D eigenvalue weighted by atomic mass is 9.86. The Balaban J connectivity index is 2.76. The molecule has 0 saturated heterocycles. The van der Waals surface area contributed by atoms with Crippen LogP contribution in [0.2, 0.25) is 0 Å². The van der Waals surface area contributed by atoms with E-state index in [0.717, 1.165) is 18.7 Å². The third kappa shape index (κ3) is 3.95. The van der Waals surface area contributed by atoms with Crippen LogP contribution >= 0.6 is 0 Å². The standard InChI is InChI=1S/C16H25NO/c1-6-17-11-12(2)15(18)13-7-9-14(10-8-13)16(3,4)5/h7-10,12,17H,6,11H2,1-5H3. The van der Waals surface area contributed by atoms with Crippen molar-refractivity contribution >= 4 is 5.78 Å². The van der Waals surface area contributed by atoms with E-state index < -0.39 is 0 Å². The molecule has 0 aromatic heterocycles. The van der Waals surface area contributed by atoms with Gasteiger partial charge in [0.15, 0.2) is 5.78 Å². The predicted octanol–water partition coefficient (Wildman–Crippen LogP) is 3.41. The SMILES string of the molecule is CCNCC(C)C(=O)c1ccc(C(C)(C)C)cc1. The maximum Gasteiger partial charge on any atom is 0.166 e. The second-order valence-corrected chi connectivity index (χ2v) is 5.90. The van der Waals surface area contributed by atoms with Gasteiger partial charge in [-0.25, -0.2) is 0 Å². The molecule has 0 spiro atoms. The van der Waals surface area contributed by atoms with E-state index in [2.05, 4.69) is 45.1 Å². The van der Waals surface area contributed by atoms with Crippen molar-refractivity contribution in [3.63, 3.8) is 0 Å². The van der Waals surface area contributed by atoms with Crippen LogP contribution in [-0.2, 0) is 5.41 Å². The lowest BCUT2D eigenvalue weighted by molar-refractivity contribution is 0.0929. The van der Waals surface area contributed by atoms with E-state index >= 15 is 0 Å². The third-order valence-electron chi connectivity index (χ3n) is 3.18.